The molecule has 0 radical (unpaired) electrons. The van der Waals surface area contributed by atoms with Crippen molar-refractivity contribution in [2.45, 2.75) is 32.6 Å². The Morgan fingerprint density at radius 2 is 1.95 bits per heavy atom. The van der Waals surface area contributed by atoms with Crippen LogP contribution in [0.5, 0.6) is 0 Å². The molecule has 1 aromatic rings. The summed E-state index contributed by atoms with van der Waals surface area (Å²) in [4.78, 5) is 16.7. The Morgan fingerprint density at radius 1 is 1.33 bits per heavy atom. The minimum atomic E-state index is 0.197. The van der Waals surface area contributed by atoms with Gasteiger partial charge in [-0.15, -0.1) is 11.3 Å². The van der Waals surface area contributed by atoms with Crippen molar-refractivity contribution in [1.82, 2.24) is 4.90 Å². The van der Waals surface area contributed by atoms with Gasteiger partial charge in [-0.05, 0) is 56.1 Å². The Balaban J connectivity index is 1.74. The maximum absolute atomic E-state index is 12.8. The molecule has 2 aliphatic rings. The molecular weight excluding hydrogens is 280 g/mol. The summed E-state index contributed by atoms with van der Waals surface area (Å²) in [5.74, 6) is 7.62. The van der Waals surface area contributed by atoms with Crippen LogP contribution in [0.4, 0.5) is 0 Å². The van der Waals surface area contributed by atoms with Crippen molar-refractivity contribution < 1.29 is 4.79 Å². The van der Waals surface area contributed by atoms with Gasteiger partial charge in [0.2, 0.25) is 0 Å². The maximum atomic E-state index is 12.8. The molecule has 112 valence electrons. The second kappa shape index (κ2) is 6.21. The van der Waals surface area contributed by atoms with E-state index in [0.717, 1.165) is 40.2 Å². The van der Waals surface area contributed by atoms with E-state index in [0.29, 0.717) is 6.54 Å². The number of aryl methyl sites for hydroxylation is 1. The number of amides is 1. The monoisotopic (exact) mass is 302 g/mol. The number of carbonyl (C=O) groups excluding carboxylic acids is 1. The van der Waals surface area contributed by atoms with Crippen molar-refractivity contribution in [1.29, 1.82) is 0 Å². The van der Waals surface area contributed by atoms with Crippen molar-refractivity contribution in [2.24, 2.45) is 17.6 Å². The van der Waals surface area contributed by atoms with E-state index in [9.17, 15) is 4.79 Å². The van der Waals surface area contributed by atoms with Gasteiger partial charge in [-0.1, -0.05) is 11.8 Å². The zero-order valence-corrected chi connectivity index (χ0v) is 13.3. The number of hydrogen-bond acceptors (Lipinski definition) is 3. The molecule has 0 bridgehead atoms. The largest absolute Gasteiger partial charge is 0.337 e. The molecule has 1 aromatic heterocycles. The lowest BCUT2D eigenvalue weighted by Gasteiger charge is -2.21. The molecule has 3 rings (SSSR count). The average Bonchev–Trinajstić information content (AvgIpc) is 3.38. The highest BCUT2D eigenvalue weighted by molar-refractivity contribution is 7.14. The molecule has 2 fully saturated rings. The molecule has 4 heteroatoms. The third kappa shape index (κ3) is 3.87. The lowest BCUT2D eigenvalue weighted by Crippen LogP contribution is -2.34. The molecule has 0 spiro atoms. The fourth-order valence-corrected chi connectivity index (χ4v) is 3.48. The van der Waals surface area contributed by atoms with E-state index in [1.165, 1.54) is 37.0 Å². The first kappa shape index (κ1) is 14.6. The Kier molecular flexibility index (Phi) is 4.32. The zero-order chi connectivity index (χ0) is 14.8. The number of hydrogen-bond donors (Lipinski definition) is 1. The first-order valence-electron chi connectivity index (χ1n) is 7.76. The molecule has 0 atom stereocenters. The fraction of sp³-hybridized carbons (Fsp3) is 0.588. The third-order valence-corrected chi connectivity index (χ3v) is 5.21. The predicted octanol–water partition coefficient (Wildman–Crippen LogP) is 2.63. The van der Waals surface area contributed by atoms with Gasteiger partial charge in [0.25, 0.3) is 5.91 Å². The van der Waals surface area contributed by atoms with E-state index in [1.807, 2.05) is 13.0 Å². The molecule has 2 aliphatic carbocycles. The summed E-state index contributed by atoms with van der Waals surface area (Å²) in [5, 5.41) is 0. The minimum absolute atomic E-state index is 0.197. The van der Waals surface area contributed by atoms with Gasteiger partial charge in [0.05, 0.1) is 16.3 Å². The Morgan fingerprint density at radius 3 is 2.48 bits per heavy atom. The van der Waals surface area contributed by atoms with Crippen LogP contribution in [0, 0.1) is 30.6 Å². The van der Waals surface area contributed by atoms with Crippen LogP contribution in [-0.2, 0) is 0 Å². The van der Waals surface area contributed by atoms with E-state index < -0.39 is 0 Å². The highest BCUT2D eigenvalue weighted by atomic mass is 32.1. The van der Waals surface area contributed by atoms with Crippen molar-refractivity contribution >= 4 is 17.2 Å². The first-order valence-corrected chi connectivity index (χ1v) is 8.57. The standard InChI is InChI=1S/C17H22N2OS/c1-12-9-16(21-15(12)3-2-8-18)17(20)19(10-13-4-5-13)11-14-6-7-14/h9,13-14H,4-8,10-11,18H2,1H3. The first-order chi connectivity index (χ1) is 10.2. The van der Waals surface area contributed by atoms with Crippen LogP contribution in [0.25, 0.3) is 0 Å². The van der Waals surface area contributed by atoms with E-state index in [4.69, 9.17) is 5.73 Å². The minimum Gasteiger partial charge on any atom is -0.337 e. The van der Waals surface area contributed by atoms with Crippen molar-refractivity contribution in [3.8, 4) is 11.8 Å². The van der Waals surface area contributed by atoms with Gasteiger partial charge in [-0.25, -0.2) is 0 Å². The van der Waals surface area contributed by atoms with Crippen molar-refractivity contribution in [3.05, 3.63) is 21.4 Å². The SMILES string of the molecule is Cc1cc(C(=O)N(CC2CC2)CC2CC2)sc1C#CCN. The lowest BCUT2D eigenvalue weighted by atomic mass is 10.2. The lowest BCUT2D eigenvalue weighted by molar-refractivity contribution is 0.0744. The summed E-state index contributed by atoms with van der Waals surface area (Å²) >= 11 is 1.51. The molecule has 2 saturated carbocycles. The van der Waals surface area contributed by atoms with Gasteiger partial charge in [0, 0.05) is 13.1 Å². The number of thiophene rings is 1. The van der Waals surface area contributed by atoms with E-state index in [2.05, 4.69) is 16.7 Å². The molecule has 3 nitrogen and oxygen atoms in total. The zero-order valence-electron chi connectivity index (χ0n) is 12.5. The summed E-state index contributed by atoms with van der Waals surface area (Å²) in [6.45, 7) is 4.25. The smallest absolute Gasteiger partial charge is 0.263 e. The maximum Gasteiger partial charge on any atom is 0.263 e. The topological polar surface area (TPSA) is 46.3 Å². The molecule has 1 heterocycles. The molecule has 0 aliphatic heterocycles. The number of rotatable bonds is 5. The van der Waals surface area contributed by atoms with Crippen LogP contribution < -0.4 is 5.73 Å². The van der Waals surface area contributed by atoms with Crippen molar-refractivity contribution in [2.75, 3.05) is 19.6 Å². The predicted molar refractivity (Wildman–Crippen MR) is 86.3 cm³/mol. The highest BCUT2D eigenvalue weighted by Gasteiger charge is 2.32. The van der Waals surface area contributed by atoms with Crippen LogP contribution in [0.1, 0.15) is 45.8 Å². The number of nitrogens with two attached hydrogens (primary N) is 1. The van der Waals surface area contributed by atoms with E-state index >= 15 is 0 Å². The highest BCUT2D eigenvalue weighted by Crippen LogP contribution is 2.35. The van der Waals surface area contributed by atoms with Gasteiger partial charge in [-0.3, -0.25) is 4.79 Å². The molecule has 2 N–H and O–H groups in total. The summed E-state index contributed by atoms with van der Waals surface area (Å²) in [5.41, 5.74) is 6.51. The van der Waals surface area contributed by atoms with E-state index in [-0.39, 0.29) is 5.91 Å². The Bertz CT molecular complexity index is 574. The van der Waals surface area contributed by atoms with Gasteiger partial charge in [-0.2, -0.15) is 0 Å². The van der Waals surface area contributed by atoms with Crippen molar-refractivity contribution in [3.63, 3.8) is 0 Å². The van der Waals surface area contributed by atoms with Gasteiger partial charge in [0.15, 0.2) is 0 Å². The van der Waals surface area contributed by atoms with E-state index in [1.54, 1.807) is 0 Å². The third-order valence-electron chi connectivity index (χ3n) is 4.07. The van der Waals surface area contributed by atoms with Crippen LogP contribution >= 0.6 is 11.3 Å². The number of carbonyl (C=O) groups is 1. The molecule has 0 aromatic carbocycles. The second-order valence-corrected chi connectivity index (χ2v) is 7.28. The fourth-order valence-electron chi connectivity index (χ4n) is 2.46. The van der Waals surface area contributed by atoms with Crippen LogP contribution in [-0.4, -0.2) is 30.4 Å². The Labute approximate surface area is 130 Å². The van der Waals surface area contributed by atoms with Crippen LogP contribution in [0.15, 0.2) is 6.07 Å². The molecular formula is C17H22N2OS. The molecule has 0 saturated heterocycles. The van der Waals surface area contributed by atoms with Gasteiger partial charge >= 0.3 is 0 Å². The summed E-state index contributed by atoms with van der Waals surface area (Å²) in [7, 11) is 0. The second-order valence-electron chi connectivity index (χ2n) is 6.23. The van der Waals surface area contributed by atoms with Gasteiger partial charge < -0.3 is 10.6 Å². The summed E-state index contributed by atoms with van der Waals surface area (Å²) in [6, 6.07) is 1.99. The molecule has 0 unspecified atom stereocenters. The number of nitrogens with zero attached hydrogens (tertiary/aromatic N) is 1. The quantitative estimate of drug-likeness (QED) is 0.850. The molecule has 21 heavy (non-hydrogen) atoms. The summed E-state index contributed by atoms with van der Waals surface area (Å²) < 4.78 is 0. The molecule has 1 amide bonds. The normalized spacial score (nSPS) is 17.2. The van der Waals surface area contributed by atoms with Gasteiger partial charge in [0.1, 0.15) is 0 Å². The van der Waals surface area contributed by atoms with Crippen LogP contribution in [0.3, 0.4) is 0 Å². The Hall–Kier alpha value is -1.31. The summed E-state index contributed by atoms with van der Waals surface area (Å²) in [6.07, 6.45) is 5.13. The average molecular weight is 302 g/mol. The van der Waals surface area contributed by atoms with Crippen LogP contribution in [0.2, 0.25) is 0 Å².